The number of fused-ring (bicyclic) bond motifs is 5. The Morgan fingerprint density at radius 3 is 1.48 bits per heavy atom. The van der Waals surface area contributed by atoms with Crippen LogP contribution < -0.4 is 57.3 Å². The molecule has 312 valence electrons. The van der Waals surface area contributed by atoms with E-state index in [1.54, 1.807) is 0 Å². The van der Waals surface area contributed by atoms with Gasteiger partial charge in [-0.3, -0.25) is 52.7 Å². The second-order valence-electron chi connectivity index (χ2n) is 15.4. The maximum absolute atomic E-state index is 15.2. The number of likely N-dealkylation sites (tertiary alicyclic amines) is 1. The maximum atomic E-state index is 15.2. The number of aromatic hydroxyl groups is 1. The van der Waals surface area contributed by atoms with Crippen molar-refractivity contribution in [1.29, 1.82) is 0 Å². The first-order chi connectivity index (χ1) is 26.7. The van der Waals surface area contributed by atoms with Crippen LogP contribution in [0.4, 0.5) is 0 Å². The Labute approximate surface area is 326 Å². The number of phenols is 1. The van der Waals surface area contributed by atoms with Crippen LogP contribution in [0.3, 0.4) is 0 Å². The third kappa shape index (κ3) is 4.33. The fourth-order valence-corrected chi connectivity index (χ4v) is 11.5. The fraction of sp³-hybridized carbons (Fsp3) is 0.500. The molecule has 1 aliphatic heterocycles. The van der Waals surface area contributed by atoms with Crippen LogP contribution in [0.15, 0.2) is 0 Å². The number of amides is 11. The van der Waals surface area contributed by atoms with Crippen molar-refractivity contribution >= 4 is 65.0 Å². The van der Waals surface area contributed by atoms with Gasteiger partial charge in [0.05, 0.1) is 39.0 Å². The van der Waals surface area contributed by atoms with Crippen LogP contribution in [0.1, 0.15) is 87.1 Å². The Kier molecular flexibility index (Phi) is 9.56. The summed E-state index contributed by atoms with van der Waals surface area (Å²) in [5, 5.41) is 23.5. The van der Waals surface area contributed by atoms with Crippen LogP contribution in [0.2, 0.25) is 0 Å². The van der Waals surface area contributed by atoms with Crippen molar-refractivity contribution in [2.45, 2.75) is 56.5 Å². The first-order valence-corrected chi connectivity index (χ1v) is 17.6. The summed E-state index contributed by atoms with van der Waals surface area (Å²) in [7, 11) is 0. The summed E-state index contributed by atoms with van der Waals surface area (Å²) in [5.74, 6) is -28.8. The second kappa shape index (κ2) is 13.1. The summed E-state index contributed by atoms with van der Waals surface area (Å²) in [6, 6.07) is 0. The number of aliphatic hydroxyl groups is 1. The van der Waals surface area contributed by atoms with Gasteiger partial charge in [-0.1, -0.05) is 6.92 Å². The second-order valence-corrected chi connectivity index (χ2v) is 15.4. The lowest BCUT2D eigenvalue weighted by Crippen LogP contribution is -2.88. The maximum Gasteiger partial charge on any atom is 0.253 e. The molecule has 11 amide bonds. The van der Waals surface area contributed by atoms with Gasteiger partial charge in [0.2, 0.25) is 53.2 Å². The van der Waals surface area contributed by atoms with Crippen LogP contribution in [-0.2, 0) is 43.8 Å². The molecule has 0 radical (unpaired) electrons. The van der Waals surface area contributed by atoms with Crippen LogP contribution in [0.25, 0.3) is 0 Å². The average Bonchev–Trinajstić information content (AvgIpc) is 3.42. The van der Waals surface area contributed by atoms with Gasteiger partial charge in [0, 0.05) is 24.9 Å². The summed E-state index contributed by atoms with van der Waals surface area (Å²) in [6.45, 7) is 1.69. The van der Waals surface area contributed by atoms with Gasteiger partial charge in [-0.05, 0) is 49.1 Å². The Balaban J connectivity index is 2.38. The van der Waals surface area contributed by atoms with Crippen LogP contribution in [0, 0.1) is 33.5 Å². The van der Waals surface area contributed by atoms with Gasteiger partial charge in [-0.2, -0.15) is 0 Å². The highest BCUT2D eigenvalue weighted by Crippen LogP contribution is 2.82. The van der Waals surface area contributed by atoms with Crippen LogP contribution in [-0.4, -0.2) is 99.3 Å². The number of carbonyl (C=O) groups excluding carboxylic acids is 11. The number of hydrogen-bond acceptors (Lipinski definition) is 13. The predicted molar refractivity (Wildman–Crippen MR) is 190 cm³/mol. The third-order valence-electron chi connectivity index (χ3n) is 13.4. The number of nitrogens with zero attached hydrogens (tertiary/aromatic N) is 1. The molecule has 0 aromatic heterocycles. The molecule has 2 saturated carbocycles. The number of piperidine rings is 1. The van der Waals surface area contributed by atoms with Gasteiger partial charge < -0.3 is 72.4 Å². The molecule has 58 heavy (non-hydrogen) atoms. The van der Waals surface area contributed by atoms with E-state index in [0.29, 0.717) is 12.8 Å². The third-order valence-corrected chi connectivity index (χ3v) is 13.4. The van der Waals surface area contributed by atoms with Gasteiger partial charge in [0.1, 0.15) is 5.75 Å². The first kappa shape index (κ1) is 42.3. The minimum atomic E-state index is -4.46. The van der Waals surface area contributed by atoms with Crippen molar-refractivity contribution < 1.29 is 63.0 Å². The van der Waals surface area contributed by atoms with Gasteiger partial charge in [-0.25, -0.2) is 0 Å². The first-order valence-electron chi connectivity index (χ1n) is 17.6. The zero-order chi connectivity index (χ0) is 44.2. The number of rotatable bonds is 11. The summed E-state index contributed by atoms with van der Waals surface area (Å²) in [6.07, 6.45) is -4.68. The van der Waals surface area contributed by atoms with Gasteiger partial charge in [-0.15, -0.1) is 0 Å². The van der Waals surface area contributed by atoms with Crippen molar-refractivity contribution in [2.75, 3.05) is 13.1 Å². The molecule has 24 heteroatoms. The van der Waals surface area contributed by atoms with E-state index in [-0.39, 0.29) is 19.0 Å². The molecule has 24 nitrogen and oxygen atoms in total. The molecule has 6 atom stereocenters. The molecular formula is C34H43N11O13. The van der Waals surface area contributed by atoms with Crippen molar-refractivity contribution in [3.8, 4) is 5.75 Å². The molecule has 22 N–H and O–H groups in total. The van der Waals surface area contributed by atoms with E-state index >= 15 is 9.59 Å². The van der Waals surface area contributed by atoms with Crippen LogP contribution >= 0.6 is 0 Å². The molecule has 5 rings (SSSR count). The lowest BCUT2D eigenvalue weighted by atomic mass is 9.26. The van der Waals surface area contributed by atoms with E-state index < -0.39 is 163 Å². The quantitative estimate of drug-likeness (QED) is 0.0926. The highest BCUT2D eigenvalue weighted by atomic mass is 16.3. The number of hydrogen-bond donors (Lipinski definition) is 12. The number of aliphatic hydroxyl groups excluding tert-OH is 1. The minimum Gasteiger partial charge on any atom is -0.506 e. The summed E-state index contributed by atoms with van der Waals surface area (Å²) in [5.41, 5.74) is 32.5. The molecule has 0 spiro atoms. The molecule has 4 unspecified atom stereocenters. The predicted octanol–water partition coefficient (Wildman–Crippen LogP) is -7.20. The summed E-state index contributed by atoms with van der Waals surface area (Å²) in [4.78, 5) is 159. The molecular weight excluding hydrogens is 770 g/mol. The van der Waals surface area contributed by atoms with Crippen molar-refractivity contribution in [2.24, 2.45) is 90.8 Å². The van der Waals surface area contributed by atoms with Gasteiger partial charge >= 0.3 is 0 Å². The Hall–Kier alpha value is -6.85. The number of carbonyl (C=O) groups is 11. The smallest absolute Gasteiger partial charge is 0.253 e. The van der Waals surface area contributed by atoms with Crippen molar-refractivity contribution in [1.82, 2.24) is 4.90 Å². The molecule has 4 aliphatic rings. The van der Waals surface area contributed by atoms with E-state index in [2.05, 4.69) is 0 Å². The molecule has 0 bridgehead atoms. The number of primary amides is 10. The van der Waals surface area contributed by atoms with E-state index in [4.69, 9.17) is 57.3 Å². The Morgan fingerprint density at radius 1 is 0.621 bits per heavy atom. The topological polar surface area (TPSA) is 492 Å². The molecule has 1 aromatic carbocycles. The van der Waals surface area contributed by atoms with E-state index in [1.165, 1.54) is 0 Å². The molecule has 3 aliphatic carbocycles. The van der Waals surface area contributed by atoms with Crippen molar-refractivity contribution in [3.63, 3.8) is 0 Å². The van der Waals surface area contributed by atoms with E-state index in [1.807, 2.05) is 6.92 Å². The monoisotopic (exact) mass is 813 g/mol. The average molecular weight is 814 g/mol. The van der Waals surface area contributed by atoms with Crippen LogP contribution in [0.5, 0.6) is 5.75 Å². The normalized spacial score (nSPS) is 29.4. The lowest BCUT2D eigenvalue weighted by molar-refractivity contribution is -0.229. The minimum absolute atomic E-state index is 0.0245. The zero-order valence-corrected chi connectivity index (χ0v) is 30.9. The number of benzene rings is 1. The highest BCUT2D eigenvalue weighted by molar-refractivity contribution is 6.28. The Bertz CT molecular complexity index is 2170. The lowest BCUT2D eigenvalue weighted by Gasteiger charge is -2.70. The van der Waals surface area contributed by atoms with Gasteiger partial charge in [0.25, 0.3) is 11.8 Å². The van der Waals surface area contributed by atoms with Crippen molar-refractivity contribution in [3.05, 3.63) is 27.8 Å². The van der Waals surface area contributed by atoms with Gasteiger partial charge in [0.15, 0.2) is 10.8 Å². The Morgan fingerprint density at radius 2 is 1.10 bits per heavy atom. The zero-order valence-electron chi connectivity index (χ0n) is 30.9. The van der Waals surface area contributed by atoms with E-state index in [0.717, 1.165) is 4.90 Å². The number of nitrogens with two attached hydrogens (primary N) is 10. The summed E-state index contributed by atoms with van der Waals surface area (Å²) >= 11 is 0. The standard InChI is InChI=1S/C34H43N11O13/c1-9-3-6-45(7-4-9)22(51)10-8-30(23(38)52)11(46)2-5-31(30,24(39)53)33(27(42)56)16(10)13-12(19(35)48)14(20(36)49)18(47)15(21(37)50)17(13)32(25(40)54,26(41)55)34(33,28(43)57)29(44)58/h9-11,16,46-47H,2-8H2,1H3,(H2,35,48)(H2,36,49)(H2,37,50)(H2,38,52)(H2,39,53)(H2,40,54)(H2,41,55)(H2,42,56)(H2,43,57)(H2,44,58)/t10?,11-,16?,30+,31?,33?/m0/s1. The fourth-order valence-electron chi connectivity index (χ4n) is 11.5. The highest BCUT2D eigenvalue weighted by Gasteiger charge is 2.94. The molecule has 3 fully saturated rings. The molecule has 1 saturated heterocycles. The molecule has 1 heterocycles. The summed E-state index contributed by atoms with van der Waals surface area (Å²) < 4.78 is 0. The SMILES string of the molecule is CC1CCN(C(=O)C2C[C@]3(C(N)=O)[C@@H](O)CCC3(C(N)=O)C3(C(N)=O)C2c2c(C(N)=O)c(C(N)=O)c(O)c(C(N)=O)c2C(C(N)=O)(C(N)=O)C3(C(N)=O)C(N)=O)CC1. The molecule has 1 aromatic rings. The largest absolute Gasteiger partial charge is 0.506 e. The van der Waals surface area contributed by atoms with E-state index in [9.17, 15) is 53.4 Å².